The largest absolute Gasteiger partial charge is 0.486 e. The molecule has 3 heterocycles. The summed E-state index contributed by atoms with van der Waals surface area (Å²) in [5, 5.41) is 1.27. The van der Waals surface area contributed by atoms with Gasteiger partial charge in [0, 0.05) is 12.7 Å². The summed E-state index contributed by atoms with van der Waals surface area (Å²) in [6, 6.07) is 9.63. The Bertz CT molecular complexity index is 817. The summed E-state index contributed by atoms with van der Waals surface area (Å²) in [5.74, 6) is 1.98. The molecule has 1 aromatic carbocycles. The first-order valence-corrected chi connectivity index (χ1v) is 10.0. The standard InChI is InChI=1S/C19H19ClN2O3S/c20-14-3-1-7-21-19(14)26-12-18(23)22-8-2-4-15(22)13-5-6-16-17(11-13)25-10-9-24-16/h1,3,5-7,11,15H,2,4,8-10,12H2. The van der Waals surface area contributed by atoms with Crippen LogP contribution in [-0.4, -0.2) is 41.3 Å². The minimum atomic E-state index is 0.0816. The molecule has 1 atom stereocenters. The lowest BCUT2D eigenvalue weighted by Gasteiger charge is -2.26. The summed E-state index contributed by atoms with van der Waals surface area (Å²) < 4.78 is 11.3. The highest BCUT2D eigenvalue weighted by Gasteiger charge is 2.30. The second-order valence-electron chi connectivity index (χ2n) is 6.23. The summed E-state index contributed by atoms with van der Waals surface area (Å²) in [7, 11) is 0. The molecule has 0 N–H and O–H groups in total. The molecule has 26 heavy (non-hydrogen) atoms. The van der Waals surface area contributed by atoms with E-state index >= 15 is 0 Å². The van der Waals surface area contributed by atoms with Gasteiger partial charge in [-0.2, -0.15) is 0 Å². The van der Waals surface area contributed by atoms with Gasteiger partial charge < -0.3 is 14.4 Å². The third-order valence-electron chi connectivity index (χ3n) is 4.58. The van der Waals surface area contributed by atoms with Gasteiger partial charge in [0.25, 0.3) is 0 Å². The van der Waals surface area contributed by atoms with Gasteiger partial charge in [0.05, 0.1) is 16.8 Å². The van der Waals surface area contributed by atoms with Crippen LogP contribution in [0.2, 0.25) is 5.02 Å². The zero-order valence-electron chi connectivity index (χ0n) is 14.2. The molecule has 4 rings (SSSR count). The average Bonchev–Trinajstić information content (AvgIpc) is 3.17. The quantitative estimate of drug-likeness (QED) is 0.739. The van der Waals surface area contributed by atoms with Crippen molar-refractivity contribution < 1.29 is 14.3 Å². The molecule has 1 fully saturated rings. The molecular formula is C19H19ClN2O3S. The van der Waals surface area contributed by atoms with Crippen LogP contribution >= 0.6 is 23.4 Å². The first-order chi connectivity index (χ1) is 12.7. The van der Waals surface area contributed by atoms with Crippen molar-refractivity contribution in [1.29, 1.82) is 0 Å². The number of rotatable bonds is 4. The van der Waals surface area contributed by atoms with E-state index in [1.165, 1.54) is 11.8 Å². The molecule has 2 aliphatic rings. The van der Waals surface area contributed by atoms with Crippen LogP contribution in [0.3, 0.4) is 0 Å². The van der Waals surface area contributed by atoms with Gasteiger partial charge in [-0.3, -0.25) is 4.79 Å². The molecule has 1 saturated heterocycles. The van der Waals surface area contributed by atoms with E-state index < -0.39 is 0 Å². The highest BCUT2D eigenvalue weighted by atomic mass is 35.5. The lowest BCUT2D eigenvalue weighted by Crippen LogP contribution is -2.32. The van der Waals surface area contributed by atoms with Crippen molar-refractivity contribution >= 4 is 29.3 Å². The monoisotopic (exact) mass is 390 g/mol. The fourth-order valence-electron chi connectivity index (χ4n) is 3.37. The van der Waals surface area contributed by atoms with Crippen molar-refractivity contribution in [2.75, 3.05) is 25.5 Å². The Morgan fingerprint density at radius 3 is 2.96 bits per heavy atom. The second kappa shape index (κ2) is 7.76. The number of fused-ring (bicyclic) bond motifs is 1. The molecule has 1 aromatic heterocycles. The van der Waals surface area contributed by atoms with Gasteiger partial charge in [-0.25, -0.2) is 4.98 Å². The number of aromatic nitrogens is 1. The van der Waals surface area contributed by atoms with E-state index in [0.29, 0.717) is 29.0 Å². The molecule has 0 bridgehead atoms. The summed E-state index contributed by atoms with van der Waals surface area (Å²) >= 11 is 7.51. The molecular weight excluding hydrogens is 372 g/mol. The Labute approximate surface area is 161 Å². The maximum Gasteiger partial charge on any atom is 0.233 e. The number of thioether (sulfide) groups is 1. The number of halogens is 1. The maximum absolute atomic E-state index is 12.8. The van der Waals surface area contributed by atoms with Crippen LogP contribution in [0, 0.1) is 0 Å². The Hall–Kier alpha value is -1.92. The van der Waals surface area contributed by atoms with Crippen molar-refractivity contribution in [3.8, 4) is 11.5 Å². The Balaban J connectivity index is 1.46. The van der Waals surface area contributed by atoms with Gasteiger partial charge in [-0.05, 0) is 42.7 Å². The number of amides is 1. The third-order valence-corrected chi connectivity index (χ3v) is 5.99. The van der Waals surface area contributed by atoms with Gasteiger partial charge in [-0.1, -0.05) is 29.4 Å². The van der Waals surface area contributed by atoms with E-state index in [0.717, 1.165) is 36.4 Å². The summed E-state index contributed by atoms with van der Waals surface area (Å²) in [4.78, 5) is 19.0. The Morgan fingerprint density at radius 1 is 1.27 bits per heavy atom. The molecule has 1 unspecified atom stereocenters. The van der Waals surface area contributed by atoms with Crippen molar-refractivity contribution in [2.45, 2.75) is 23.9 Å². The van der Waals surface area contributed by atoms with Crippen LogP contribution in [0.25, 0.3) is 0 Å². The highest BCUT2D eigenvalue weighted by Crippen LogP contribution is 2.38. The van der Waals surface area contributed by atoms with Crippen molar-refractivity contribution in [3.05, 3.63) is 47.1 Å². The zero-order valence-corrected chi connectivity index (χ0v) is 15.8. The molecule has 2 aromatic rings. The third kappa shape index (κ3) is 3.62. The number of hydrogen-bond donors (Lipinski definition) is 0. The zero-order chi connectivity index (χ0) is 17.9. The number of hydrogen-bond acceptors (Lipinski definition) is 5. The number of carbonyl (C=O) groups excluding carboxylic acids is 1. The highest BCUT2D eigenvalue weighted by molar-refractivity contribution is 8.00. The van der Waals surface area contributed by atoms with E-state index in [1.807, 2.05) is 23.1 Å². The van der Waals surface area contributed by atoms with E-state index in [1.54, 1.807) is 18.3 Å². The smallest absolute Gasteiger partial charge is 0.233 e. The summed E-state index contributed by atoms with van der Waals surface area (Å²) in [5.41, 5.74) is 1.10. The fourth-order valence-corrected chi connectivity index (χ4v) is 4.42. The number of likely N-dealkylation sites (tertiary alicyclic amines) is 1. The maximum atomic E-state index is 12.8. The molecule has 7 heteroatoms. The van der Waals surface area contributed by atoms with E-state index in [9.17, 15) is 4.79 Å². The minimum absolute atomic E-state index is 0.0816. The van der Waals surface area contributed by atoms with Crippen LogP contribution in [0.15, 0.2) is 41.6 Å². The van der Waals surface area contributed by atoms with Crippen molar-refractivity contribution in [3.63, 3.8) is 0 Å². The van der Waals surface area contributed by atoms with Gasteiger partial charge in [0.15, 0.2) is 11.5 Å². The van der Waals surface area contributed by atoms with Crippen molar-refractivity contribution in [2.24, 2.45) is 0 Å². The van der Waals surface area contributed by atoms with Gasteiger partial charge in [0.1, 0.15) is 18.2 Å². The topological polar surface area (TPSA) is 51.7 Å². The molecule has 0 saturated carbocycles. The van der Waals surface area contributed by atoms with Crippen LogP contribution in [0.5, 0.6) is 11.5 Å². The summed E-state index contributed by atoms with van der Waals surface area (Å²) in [6.45, 7) is 1.91. The van der Waals surface area contributed by atoms with E-state index in [2.05, 4.69) is 4.98 Å². The lowest BCUT2D eigenvalue weighted by atomic mass is 10.0. The van der Waals surface area contributed by atoms with E-state index in [4.69, 9.17) is 21.1 Å². The summed E-state index contributed by atoms with van der Waals surface area (Å²) in [6.07, 6.45) is 3.65. The number of benzene rings is 1. The minimum Gasteiger partial charge on any atom is -0.486 e. The Kier molecular flexibility index (Phi) is 5.22. The van der Waals surface area contributed by atoms with Gasteiger partial charge >= 0.3 is 0 Å². The predicted molar refractivity (Wildman–Crippen MR) is 101 cm³/mol. The van der Waals surface area contributed by atoms with Gasteiger partial charge in [0.2, 0.25) is 5.91 Å². The average molecular weight is 391 g/mol. The van der Waals surface area contributed by atoms with Crippen LogP contribution < -0.4 is 9.47 Å². The van der Waals surface area contributed by atoms with Crippen LogP contribution in [-0.2, 0) is 4.79 Å². The van der Waals surface area contributed by atoms with Gasteiger partial charge in [-0.15, -0.1) is 0 Å². The molecule has 5 nitrogen and oxygen atoms in total. The van der Waals surface area contributed by atoms with Crippen LogP contribution in [0.1, 0.15) is 24.4 Å². The molecule has 0 aliphatic carbocycles. The number of ether oxygens (including phenoxy) is 2. The van der Waals surface area contributed by atoms with E-state index in [-0.39, 0.29) is 11.9 Å². The predicted octanol–water partition coefficient (Wildman–Crippen LogP) is 3.96. The number of carbonyl (C=O) groups is 1. The lowest BCUT2D eigenvalue weighted by molar-refractivity contribution is -0.129. The molecule has 1 amide bonds. The first-order valence-electron chi connectivity index (χ1n) is 8.65. The molecule has 0 radical (unpaired) electrons. The van der Waals surface area contributed by atoms with Crippen LogP contribution in [0.4, 0.5) is 0 Å². The molecule has 136 valence electrons. The first kappa shape index (κ1) is 17.5. The fraction of sp³-hybridized carbons (Fsp3) is 0.368. The SMILES string of the molecule is O=C(CSc1ncccc1Cl)N1CCCC1c1ccc2c(c1)OCCO2. The number of pyridine rings is 1. The second-order valence-corrected chi connectivity index (χ2v) is 7.60. The Morgan fingerprint density at radius 2 is 2.12 bits per heavy atom. The number of nitrogens with zero attached hydrogens (tertiary/aromatic N) is 2. The molecule has 0 spiro atoms. The molecule has 2 aliphatic heterocycles. The normalized spacial score (nSPS) is 18.8. The van der Waals surface area contributed by atoms with Crippen molar-refractivity contribution in [1.82, 2.24) is 9.88 Å².